The molecular weight excluding hydrogens is 368 g/mol. The van der Waals surface area contributed by atoms with Crippen LogP contribution in [0.2, 0.25) is 0 Å². The summed E-state index contributed by atoms with van der Waals surface area (Å²) in [6, 6.07) is 29.1. The summed E-state index contributed by atoms with van der Waals surface area (Å²) in [7, 11) is 0. The van der Waals surface area contributed by atoms with Crippen molar-refractivity contribution in [3.05, 3.63) is 97.3 Å². The van der Waals surface area contributed by atoms with Gasteiger partial charge in [0, 0.05) is 28.9 Å². The lowest BCUT2D eigenvalue weighted by atomic mass is 9.98. The number of rotatable bonds is 2. The van der Waals surface area contributed by atoms with Gasteiger partial charge in [0.15, 0.2) is 5.82 Å². The Kier molecular flexibility index (Phi) is 3.74. The molecule has 6 rings (SSSR count). The zero-order valence-corrected chi connectivity index (χ0v) is 16.0. The minimum Gasteiger partial charge on any atom is -0.236 e. The van der Waals surface area contributed by atoms with E-state index in [0.29, 0.717) is 0 Å². The maximum Gasteiger partial charge on any atom is 0.159 e. The molecule has 30 heavy (non-hydrogen) atoms. The van der Waals surface area contributed by atoms with Gasteiger partial charge in [-0.25, -0.2) is 9.97 Å². The normalized spacial score (nSPS) is 11.3. The Morgan fingerprint density at radius 1 is 0.600 bits per heavy atom. The number of benzene rings is 4. The van der Waals surface area contributed by atoms with Crippen molar-refractivity contribution in [1.29, 1.82) is 0 Å². The molecule has 4 nitrogen and oxygen atoms in total. The summed E-state index contributed by atoms with van der Waals surface area (Å²) in [6.07, 6.45) is 3.57. The average Bonchev–Trinajstić information content (AvgIpc) is 2.83. The third kappa shape index (κ3) is 2.78. The molecule has 2 aromatic heterocycles. The Balaban J connectivity index is 1.47. The van der Waals surface area contributed by atoms with Gasteiger partial charge in [0.05, 0.1) is 11.2 Å². The van der Waals surface area contributed by atoms with E-state index in [-0.39, 0.29) is 0 Å². The van der Waals surface area contributed by atoms with E-state index in [1.165, 1.54) is 21.5 Å². The van der Waals surface area contributed by atoms with Crippen LogP contribution in [0.4, 0.5) is 0 Å². The Morgan fingerprint density at radius 2 is 1.37 bits per heavy atom. The van der Waals surface area contributed by atoms with E-state index < -0.39 is 0 Å². The highest BCUT2D eigenvalue weighted by molar-refractivity contribution is 6.09. The van der Waals surface area contributed by atoms with Crippen molar-refractivity contribution >= 4 is 32.4 Å². The number of nitrogens with zero attached hydrogens (tertiary/aromatic N) is 4. The van der Waals surface area contributed by atoms with Crippen LogP contribution in [0.15, 0.2) is 97.3 Å². The molecule has 4 aromatic carbocycles. The average molecular weight is 384 g/mol. The molecule has 4 heteroatoms. The maximum atomic E-state index is 4.74. The number of fused-ring (bicyclic) bond motifs is 4. The fourth-order valence-corrected chi connectivity index (χ4v) is 3.94. The van der Waals surface area contributed by atoms with E-state index in [2.05, 4.69) is 63.7 Å². The van der Waals surface area contributed by atoms with Gasteiger partial charge < -0.3 is 0 Å². The summed E-state index contributed by atoms with van der Waals surface area (Å²) in [5.74, 6) is 0.744. The molecule has 0 N–H and O–H groups in total. The minimum absolute atomic E-state index is 0.744. The van der Waals surface area contributed by atoms with Gasteiger partial charge in [0.2, 0.25) is 0 Å². The molecule has 0 saturated carbocycles. The van der Waals surface area contributed by atoms with Crippen LogP contribution >= 0.6 is 0 Å². The number of para-hydroxylation sites is 1. The molecule has 0 aliphatic heterocycles. The second kappa shape index (κ2) is 6.71. The number of hydrogen-bond donors (Lipinski definition) is 0. The van der Waals surface area contributed by atoms with Gasteiger partial charge in [-0.05, 0) is 51.9 Å². The highest BCUT2D eigenvalue weighted by Gasteiger charge is 2.08. The molecule has 0 unspecified atom stereocenters. The Labute approximate surface area is 172 Å². The van der Waals surface area contributed by atoms with Gasteiger partial charge in [-0.15, -0.1) is 0 Å². The van der Waals surface area contributed by atoms with E-state index in [9.17, 15) is 0 Å². The SMILES string of the molecule is c1cnnc(-c2ccc3c(ccc4cc(-c5ncc6ccccc6n5)ccc43)c2)c1. The van der Waals surface area contributed by atoms with Crippen LogP contribution in [0.3, 0.4) is 0 Å². The number of aromatic nitrogens is 4. The second-order valence-corrected chi connectivity index (χ2v) is 7.30. The van der Waals surface area contributed by atoms with Gasteiger partial charge in [-0.3, -0.25) is 0 Å². The highest BCUT2D eigenvalue weighted by atomic mass is 15.1. The summed E-state index contributed by atoms with van der Waals surface area (Å²) in [6.45, 7) is 0. The fraction of sp³-hybridized carbons (Fsp3) is 0. The molecule has 0 radical (unpaired) electrons. The first-order valence-corrected chi connectivity index (χ1v) is 9.82. The molecule has 0 atom stereocenters. The lowest BCUT2D eigenvalue weighted by Crippen LogP contribution is -1.90. The summed E-state index contributed by atoms with van der Waals surface area (Å²) in [4.78, 5) is 9.30. The molecule has 0 aliphatic carbocycles. The van der Waals surface area contributed by atoms with Gasteiger partial charge in [-0.2, -0.15) is 10.2 Å². The fourth-order valence-electron chi connectivity index (χ4n) is 3.94. The standard InChI is InChI=1S/C26H16N4/c1-2-5-24-21(4-1)16-27-26(29-24)20-10-12-23-18(15-20)8-7-17-14-19(9-11-22(17)23)25-6-3-13-28-30-25/h1-16H. The predicted octanol–water partition coefficient (Wildman–Crippen LogP) is 6.06. The third-order valence-corrected chi connectivity index (χ3v) is 5.45. The molecule has 0 fully saturated rings. The quantitative estimate of drug-likeness (QED) is 0.341. The maximum absolute atomic E-state index is 4.74. The molecule has 2 heterocycles. The van der Waals surface area contributed by atoms with Crippen molar-refractivity contribution in [2.24, 2.45) is 0 Å². The molecule has 0 spiro atoms. The summed E-state index contributed by atoms with van der Waals surface area (Å²) in [5.41, 5.74) is 3.92. The lowest BCUT2D eigenvalue weighted by molar-refractivity contribution is 1.04. The van der Waals surface area contributed by atoms with Gasteiger partial charge >= 0.3 is 0 Å². The van der Waals surface area contributed by atoms with Crippen LogP contribution in [-0.2, 0) is 0 Å². The van der Waals surface area contributed by atoms with Crippen molar-refractivity contribution < 1.29 is 0 Å². The van der Waals surface area contributed by atoms with E-state index in [1.807, 2.05) is 42.6 Å². The summed E-state index contributed by atoms with van der Waals surface area (Å²) < 4.78 is 0. The lowest BCUT2D eigenvalue weighted by Gasteiger charge is -2.08. The highest BCUT2D eigenvalue weighted by Crippen LogP contribution is 2.31. The van der Waals surface area contributed by atoms with Crippen molar-refractivity contribution in [2.45, 2.75) is 0 Å². The molecule has 140 valence electrons. The third-order valence-electron chi connectivity index (χ3n) is 5.45. The molecule has 0 bridgehead atoms. The molecular formula is C26H16N4. The van der Waals surface area contributed by atoms with Crippen molar-refractivity contribution in [3.8, 4) is 22.6 Å². The number of hydrogen-bond acceptors (Lipinski definition) is 4. The Hall–Kier alpha value is -4.18. The van der Waals surface area contributed by atoms with Gasteiger partial charge in [0.25, 0.3) is 0 Å². The van der Waals surface area contributed by atoms with Crippen LogP contribution in [-0.4, -0.2) is 20.2 Å². The summed E-state index contributed by atoms with van der Waals surface area (Å²) in [5, 5.41) is 14.0. The van der Waals surface area contributed by atoms with E-state index >= 15 is 0 Å². The largest absolute Gasteiger partial charge is 0.236 e. The molecule has 0 saturated heterocycles. The van der Waals surface area contributed by atoms with Crippen molar-refractivity contribution in [2.75, 3.05) is 0 Å². The van der Waals surface area contributed by atoms with Crippen molar-refractivity contribution in [1.82, 2.24) is 20.2 Å². The predicted molar refractivity (Wildman–Crippen MR) is 121 cm³/mol. The van der Waals surface area contributed by atoms with Crippen LogP contribution in [0, 0.1) is 0 Å². The molecule has 0 aliphatic rings. The van der Waals surface area contributed by atoms with E-state index in [0.717, 1.165) is 33.5 Å². The molecule has 0 amide bonds. The first-order valence-electron chi connectivity index (χ1n) is 9.82. The zero-order chi connectivity index (χ0) is 19.9. The van der Waals surface area contributed by atoms with Crippen LogP contribution in [0.1, 0.15) is 0 Å². The smallest absolute Gasteiger partial charge is 0.159 e. The first-order chi connectivity index (χ1) is 14.8. The van der Waals surface area contributed by atoms with E-state index in [1.54, 1.807) is 6.20 Å². The second-order valence-electron chi connectivity index (χ2n) is 7.30. The summed E-state index contributed by atoms with van der Waals surface area (Å²) >= 11 is 0. The van der Waals surface area contributed by atoms with Crippen molar-refractivity contribution in [3.63, 3.8) is 0 Å². The minimum atomic E-state index is 0.744. The Bertz CT molecular complexity index is 1540. The van der Waals surface area contributed by atoms with Crippen LogP contribution in [0.25, 0.3) is 55.1 Å². The van der Waals surface area contributed by atoms with Crippen LogP contribution < -0.4 is 0 Å². The Morgan fingerprint density at radius 3 is 2.17 bits per heavy atom. The van der Waals surface area contributed by atoms with E-state index in [4.69, 9.17) is 4.98 Å². The van der Waals surface area contributed by atoms with Crippen LogP contribution in [0.5, 0.6) is 0 Å². The van der Waals surface area contributed by atoms with Gasteiger partial charge in [-0.1, -0.05) is 54.6 Å². The first kappa shape index (κ1) is 16.7. The molecule has 6 aromatic rings. The van der Waals surface area contributed by atoms with Gasteiger partial charge in [0.1, 0.15) is 0 Å². The monoisotopic (exact) mass is 384 g/mol. The topological polar surface area (TPSA) is 51.6 Å². The zero-order valence-electron chi connectivity index (χ0n) is 16.0.